The molecule has 0 saturated heterocycles. The lowest BCUT2D eigenvalue weighted by Crippen LogP contribution is -2.48. The Morgan fingerprint density at radius 1 is 1.35 bits per heavy atom. The van der Waals surface area contributed by atoms with Crippen LogP contribution >= 0.6 is 11.8 Å². The molecule has 5 nitrogen and oxygen atoms in total. The molecule has 130 valence electrons. The number of aromatic nitrogens is 1. The second-order valence-electron chi connectivity index (χ2n) is 6.19. The molecular formula is C17H29N3O2S. The maximum atomic E-state index is 12.1. The Labute approximate surface area is 143 Å². The summed E-state index contributed by atoms with van der Waals surface area (Å²) in [5.41, 5.74) is 2.12. The molecule has 0 bridgehead atoms. The quantitative estimate of drug-likeness (QED) is 0.745. The third-order valence-electron chi connectivity index (χ3n) is 4.47. The molecular weight excluding hydrogens is 310 g/mol. The standard InChI is InChI=1S/C17H29N3O2S/c1-4-23-16-10-6-5-9-15(16)19-17(21)18-11-7-8-14-12(2)20-22-13(14)3/h15-16H,4-11H2,1-3H3,(H2,18,19,21)/t15-,16-/m0/s1. The number of hydrogen-bond donors (Lipinski definition) is 2. The first-order valence-electron chi connectivity index (χ1n) is 8.69. The highest BCUT2D eigenvalue weighted by Gasteiger charge is 2.26. The SMILES string of the molecule is CCS[C@H]1CCCC[C@@H]1NC(=O)NCCCc1c(C)noc1C. The highest BCUT2D eigenvalue weighted by atomic mass is 32.2. The molecule has 1 aliphatic carbocycles. The lowest BCUT2D eigenvalue weighted by molar-refractivity contribution is 0.233. The molecule has 23 heavy (non-hydrogen) atoms. The molecule has 1 saturated carbocycles. The van der Waals surface area contributed by atoms with Gasteiger partial charge in [0.15, 0.2) is 0 Å². The van der Waals surface area contributed by atoms with Crippen LogP contribution in [-0.2, 0) is 6.42 Å². The fraction of sp³-hybridized carbons (Fsp3) is 0.765. The molecule has 6 heteroatoms. The molecule has 2 rings (SSSR count). The Morgan fingerprint density at radius 3 is 2.83 bits per heavy atom. The largest absolute Gasteiger partial charge is 0.361 e. The second-order valence-corrected chi connectivity index (χ2v) is 7.71. The minimum atomic E-state index is -0.0302. The van der Waals surface area contributed by atoms with Gasteiger partial charge in [-0.1, -0.05) is 24.9 Å². The van der Waals surface area contributed by atoms with Crippen LogP contribution in [-0.4, -0.2) is 34.8 Å². The highest BCUT2D eigenvalue weighted by Crippen LogP contribution is 2.28. The van der Waals surface area contributed by atoms with Gasteiger partial charge in [-0.05, 0) is 45.3 Å². The molecule has 2 N–H and O–H groups in total. The monoisotopic (exact) mass is 339 g/mol. The molecule has 1 heterocycles. The molecule has 1 aromatic rings. The summed E-state index contributed by atoms with van der Waals surface area (Å²) in [5, 5.41) is 10.7. The smallest absolute Gasteiger partial charge is 0.315 e. The summed E-state index contributed by atoms with van der Waals surface area (Å²) in [4.78, 5) is 12.1. The summed E-state index contributed by atoms with van der Waals surface area (Å²) in [6.07, 6.45) is 6.61. The van der Waals surface area contributed by atoms with Crippen LogP contribution in [0.15, 0.2) is 4.52 Å². The number of aryl methyl sites for hydroxylation is 2. The number of carbonyl (C=O) groups excluding carboxylic acids is 1. The molecule has 0 aliphatic heterocycles. The van der Waals surface area contributed by atoms with Crippen molar-refractivity contribution in [2.45, 2.75) is 70.6 Å². The van der Waals surface area contributed by atoms with E-state index in [-0.39, 0.29) is 6.03 Å². The van der Waals surface area contributed by atoms with Crippen LogP contribution in [0, 0.1) is 13.8 Å². The van der Waals surface area contributed by atoms with Gasteiger partial charge in [0.25, 0.3) is 0 Å². The van der Waals surface area contributed by atoms with Crippen molar-refractivity contribution in [3.8, 4) is 0 Å². The fourth-order valence-corrected chi connectivity index (χ4v) is 4.42. The molecule has 2 atom stereocenters. The van der Waals surface area contributed by atoms with E-state index >= 15 is 0 Å². The van der Waals surface area contributed by atoms with E-state index in [4.69, 9.17) is 4.52 Å². The summed E-state index contributed by atoms with van der Waals surface area (Å²) >= 11 is 1.97. The van der Waals surface area contributed by atoms with Gasteiger partial charge in [0.2, 0.25) is 0 Å². The van der Waals surface area contributed by atoms with Crippen molar-refractivity contribution in [1.82, 2.24) is 15.8 Å². The number of amides is 2. The van der Waals surface area contributed by atoms with Crippen LogP contribution in [0.4, 0.5) is 4.79 Å². The van der Waals surface area contributed by atoms with E-state index in [0.717, 1.165) is 36.5 Å². The maximum Gasteiger partial charge on any atom is 0.315 e. The Hall–Kier alpha value is -1.17. The van der Waals surface area contributed by atoms with E-state index in [1.54, 1.807) is 0 Å². The van der Waals surface area contributed by atoms with Gasteiger partial charge in [-0.3, -0.25) is 0 Å². The fourth-order valence-electron chi connectivity index (χ4n) is 3.22. The summed E-state index contributed by atoms with van der Waals surface area (Å²) in [7, 11) is 0. The zero-order valence-corrected chi connectivity index (χ0v) is 15.3. The molecule has 0 spiro atoms. The van der Waals surface area contributed by atoms with Gasteiger partial charge in [-0.2, -0.15) is 11.8 Å². The normalized spacial score (nSPS) is 21.2. The summed E-state index contributed by atoms with van der Waals surface area (Å²) in [6.45, 7) is 6.75. The Morgan fingerprint density at radius 2 is 2.13 bits per heavy atom. The first-order valence-corrected chi connectivity index (χ1v) is 9.74. The van der Waals surface area contributed by atoms with Crippen molar-refractivity contribution in [2.75, 3.05) is 12.3 Å². The maximum absolute atomic E-state index is 12.1. The Kier molecular flexibility index (Phi) is 7.27. The van der Waals surface area contributed by atoms with E-state index in [2.05, 4.69) is 22.7 Å². The van der Waals surface area contributed by atoms with Gasteiger partial charge < -0.3 is 15.2 Å². The van der Waals surface area contributed by atoms with E-state index in [0.29, 0.717) is 17.8 Å². The lowest BCUT2D eigenvalue weighted by atomic mass is 9.95. The number of nitrogens with zero attached hydrogens (tertiary/aromatic N) is 1. The number of carbonyl (C=O) groups is 1. The van der Waals surface area contributed by atoms with Crippen molar-refractivity contribution >= 4 is 17.8 Å². The number of thioether (sulfide) groups is 1. The zero-order chi connectivity index (χ0) is 16.7. The van der Waals surface area contributed by atoms with Crippen molar-refractivity contribution in [2.24, 2.45) is 0 Å². The molecule has 1 aromatic heterocycles. The molecule has 2 amide bonds. The molecule has 0 aromatic carbocycles. The number of hydrogen-bond acceptors (Lipinski definition) is 4. The number of nitrogens with one attached hydrogen (secondary N) is 2. The molecule has 0 unspecified atom stereocenters. The molecule has 1 aliphatic rings. The Balaban J connectivity index is 1.68. The lowest BCUT2D eigenvalue weighted by Gasteiger charge is -2.31. The average Bonchev–Trinajstić information content (AvgIpc) is 2.85. The summed E-state index contributed by atoms with van der Waals surface area (Å²) in [5.74, 6) is 2.00. The third kappa shape index (κ3) is 5.44. The van der Waals surface area contributed by atoms with E-state index in [9.17, 15) is 4.79 Å². The molecule has 1 fully saturated rings. The van der Waals surface area contributed by atoms with Crippen LogP contribution in [0.25, 0.3) is 0 Å². The van der Waals surface area contributed by atoms with Crippen molar-refractivity contribution in [3.05, 3.63) is 17.0 Å². The summed E-state index contributed by atoms with van der Waals surface area (Å²) in [6, 6.07) is 0.286. The van der Waals surface area contributed by atoms with Crippen molar-refractivity contribution < 1.29 is 9.32 Å². The van der Waals surface area contributed by atoms with Crippen LogP contribution in [0.3, 0.4) is 0 Å². The van der Waals surface area contributed by atoms with Crippen LogP contribution < -0.4 is 10.6 Å². The predicted molar refractivity (Wildman–Crippen MR) is 95.0 cm³/mol. The minimum Gasteiger partial charge on any atom is -0.361 e. The van der Waals surface area contributed by atoms with E-state index in [1.807, 2.05) is 25.6 Å². The van der Waals surface area contributed by atoms with Crippen molar-refractivity contribution in [3.63, 3.8) is 0 Å². The summed E-state index contributed by atoms with van der Waals surface area (Å²) < 4.78 is 5.16. The van der Waals surface area contributed by atoms with Gasteiger partial charge in [-0.25, -0.2) is 4.79 Å². The topological polar surface area (TPSA) is 67.2 Å². The number of urea groups is 1. The van der Waals surface area contributed by atoms with Gasteiger partial charge in [0, 0.05) is 23.4 Å². The zero-order valence-electron chi connectivity index (χ0n) is 14.5. The van der Waals surface area contributed by atoms with E-state index < -0.39 is 0 Å². The van der Waals surface area contributed by atoms with Crippen molar-refractivity contribution in [1.29, 1.82) is 0 Å². The highest BCUT2D eigenvalue weighted by molar-refractivity contribution is 7.99. The van der Waals surface area contributed by atoms with Gasteiger partial charge in [-0.15, -0.1) is 0 Å². The number of rotatable bonds is 7. The second kappa shape index (κ2) is 9.21. The van der Waals surface area contributed by atoms with Crippen LogP contribution in [0.2, 0.25) is 0 Å². The molecule has 0 radical (unpaired) electrons. The van der Waals surface area contributed by atoms with Gasteiger partial charge in [0.1, 0.15) is 5.76 Å². The predicted octanol–water partition coefficient (Wildman–Crippen LogP) is 3.59. The minimum absolute atomic E-state index is 0.0302. The van der Waals surface area contributed by atoms with Gasteiger partial charge >= 0.3 is 6.03 Å². The van der Waals surface area contributed by atoms with E-state index in [1.165, 1.54) is 24.8 Å². The van der Waals surface area contributed by atoms with Crippen LogP contribution in [0.5, 0.6) is 0 Å². The Bertz CT molecular complexity index is 483. The average molecular weight is 340 g/mol. The third-order valence-corrected chi connectivity index (χ3v) is 5.80. The van der Waals surface area contributed by atoms with Gasteiger partial charge in [0.05, 0.1) is 5.69 Å². The van der Waals surface area contributed by atoms with Crippen LogP contribution in [0.1, 0.15) is 56.0 Å². The first-order chi connectivity index (χ1) is 11.1. The first kappa shape index (κ1) is 18.2.